The number of aryl methyl sites for hydroxylation is 1. The van der Waals surface area contributed by atoms with Crippen LogP contribution in [0.2, 0.25) is 0 Å². The average molecular weight is 369 g/mol. The second-order valence-electron chi connectivity index (χ2n) is 5.96. The molecule has 0 radical (unpaired) electrons. The minimum absolute atomic E-state index is 0.113. The number of para-hydroxylation sites is 2. The summed E-state index contributed by atoms with van der Waals surface area (Å²) in [6.07, 6.45) is 0.790. The molecule has 0 aromatic heterocycles. The molecule has 0 unspecified atom stereocenters. The lowest BCUT2D eigenvalue weighted by molar-refractivity contribution is -0.135. The van der Waals surface area contributed by atoms with Crippen LogP contribution in [-0.2, 0) is 16.0 Å². The summed E-state index contributed by atoms with van der Waals surface area (Å²) in [5.41, 5.74) is 7.23. The number of anilines is 1. The van der Waals surface area contributed by atoms with Gasteiger partial charge in [0, 0.05) is 12.7 Å². The second kappa shape index (κ2) is 9.38. The van der Waals surface area contributed by atoms with Gasteiger partial charge < -0.3 is 20.7 Å². The highest BCUT2D eigenvalue weighted by atomic mass is 16.5. The van der Waals surface area contributed by atoms with Gasteiger partial charge in [-0.05, 0) is 30.2 Å². The number of hydrogen-bond acceptors (Lipinski definition) is 4. The molecule has 0 saturated heterocycles. The Hall–Kier alpha value is -3.35. The smallest absolute Gasteiger partial charge is 0.260 e. The first-order chi connectivity index (χ1) is 12.9. The molecule has 0 saturated carbocycles. The topological polar surface area (TPSA) is 102 Å². The van der Waals surface area contributed by atoms with Crippen LogP contribution >= 0.6 is 0 Å². The van der Waals surface area contributed by atoms with E-state index in [0.717, 1.165) is 17.7 Å². The lowest BCUT2D eigenvalue weighted by atomic mass is 10.1. The van der Waals surface area contributed by atoms with Crippen molar-refractivity contribution in [3.63, 3.8) is 0 Å². The summed E-state index contributed by atoms with van der Waals surface area (Å²) < 4.78 is 5.39. The SMILES string of the molecule is CCc1ccccc1NC(=O)CN(C)C(=O)COc1ccccc1C(N)=O. The molecule has 0 fully saturated rings. The number of rotatable bonds is 8. The number of ether oxygens (including phenoxy) is 1. The number of nitrogens with zero attached hydrogens (tertiary/aromatic N) is 1. The zero-order valence-corrected chi connectivity index (χ0v) is 15.4. The Morgan fingerprint density at radius 1 is 1.07 bits per heavy atom. The summed E-state index contributed by atoms with van der Waals surface area (Å²) >= 11 is 0. The van der Waals surface area contributed by atoms with Crippen molar-refractivity contribution in [2.45, 2.75) is 13.3 Å². The van der Waals surface area contributed by atoms with Gasteiger partial charge in [0.1, 0.15) is 5.75 Å². The van der Waals surface area contributed by atoms with E-state index in [0.29, 0.717) is 0 Å². The Kier molecular flexibility index (Phi) is 6.93. The number of nitrogens with two attached hydrogens (primary N) is 1. The van der Waals surface area contributed by atoms with E-state index in [1.165, 1.54) is 18.0 Å². The normalized spacial score (nSPS) is 10.1. The van der Waals surface area contributed by atoms with Gasteiger partial charge in [-0.2, -0.15) is 0 Å². The molecule has 3 N–H and O–H groups in total. The van der Waals surface area contributed by atoms with Crippen LogP contribution in [0.1, 0.15) is 22.8 Å². The largest absolute Gasteiger partial charge is 0.483 e. The van der Waals surface area contributed by atoms with Crippen LogP contribution in [0.5, 0.6) is 5.75 Å². The van der Waals surface area contributed by atoms with Crippen LogP contribution < -0.4 is 15.8 Å². The molecule has 2 rings (SSSR count). The van der Waals surface area contributed by atoms with E-state index in [2.05, 4.69) is 5.32 Å². The van der Waals surface area contributed by atoms with Gasteiger partial charge in [0.2, 0.25) is 5.91 Å². The van der Waals surface area contributed by atoms with Crippen molar-refractivity contribution in [3.8, 4) is 5.75 Å². The maximum absolute atomic E-state index is 12.2. The summed E-state index contributed by atoms with van der Waals surface area (Å²) in [6.45, 7) is 1.58. The first-order valence-electron chi connectivity index (χ1n) is 8.55. The maximum Gasteiger partial charge on any atom is 0.260 e. The highest BCUT2D eigenvalue weighted by Gasteiger charge is 2.16. The van der Waals surface area contributed by atoms with Gasteiger partial charge in [0.05, 0.1) is 12.1 Å². The Labute approximate surface area is 158 Å². The van der Waals surface area contributed by atoms with Crippen molar-refractivity contribution in [2.24, 2.45) is 5.73 Å². The molecule has 2 aromatic rings. The minimum Gasteiger partial charge on any atom is -0.483 e. The van der Waals surface area contributed by atoms with Gasteiger partial charge in [-0.25, -0.2) is 0 Å². The molecular weight excluding hydrogens is 346 g/mol. The summed E-state index contributed by atoms with van der Waals surface area (Å²) in [5, 5.41) is 2.81. The van der Waals surface area contributed by atoms with Gasteiger partial charge in [0.25, 0.3) is 11.8 Å². The van der Waals surface area contributed by atoms with E-state index in [9.17, 15) is 14.4 Å². The molecule has 0 aliphatic heterocycles. The first-order valence-corrected chi connectivity index (χ1v) is 8.55. The molecule has 2 aromatic carbocycles. The number of benzene rings is 2. The standard InChI is InChI=1S/C20H23N3O4/c1-3-14-8-4-6-10-16(14)22-18(24)12-23(2)19(25)13-27-17-11-7-5-9-15(17)20(21)26/h4-11H,3,12-13H2,1-2H3,(H2,21,26)(H,22,24). The predicted molar refractivity (Wildman–Crippen MR) is 103 cm³/mol. The summed E-state index contributed by atoms with van der Waals surface area (Å²) in [6, 6.07) is 13.9. The van der Waals surface area contributed by atoms with Crippen LogP contribution in [0, 0.1) is 0 Å². The second-order valence-corrected chi connectivity index (χ2v) is 5.96. The highest BCUT2D eigenvalue weighted by Crippen LogP contribution is 2.17. The van der Waals surface area contributed by atoms with Crippen LogP contribution in [0.3, 0.4) is 0 Å². The van der Waals surface area contributed by atoms with Crippen LogP contribution in [0.4, 0.5) is 5.69 Å². The number of likely N-dealkylation sites (N-methyl/N-ethyl adjacent to an activating group) is 1. The first kappa shape index (κ1) is 20.0. The number of carbonyl (C=O) groups excluding carboxylic acids is 3. The molecule has 0 heterocycles. The van der Waals surface area contributed by atoms with Crippen molar-refractivity contribution in [2.75, 3.05) is 25.5 Å². The van der Waals surface area contributed by atoms with E-state index in [1.807, 2.05) is 31.2 Å². The van der Waals surface area contributed by atoms with Crippen LogP contribution in [0.15, 0.2) is 48.5 Å². The van der Waals surface area contributed by atoms with Gasteiger partial charge >= 0.3 is 0 Å². The van der Waals surface area contributed by atoms with Crippen LogP contribution in [-0.4, -0.2) is 42.8 Å². The Morgan fingerprint density at radius 3 is 2.44 bits per heavy atom. The molecule has 7 nitrogen and oxygen atoms in total. The number of primary amides is 1. The van der Waals surface area contributed by atoms with E-state index >= 15 is 0 Å². The van der Waals surface area contributed by atoms with E-state index in [4.69, 9.17) is 10.5 Å². The minimum atomic E-state index is -0.639. The average Bonchev–Trinajstić information content (AvgIpc) is 2.66. The fraction of sp³-hybridized carbons (Fsp3) is 0.250. The van der Waals surface area contributed by atoms with E-state index in [1.54, 1.807) is 18.2 Å². The zero-order chi connectivity index (χ0) is 19.8. The Bertz CT molecular complexity index is 835. The molecule has 142 valence electrons. The number of amides is 3. The van der Waals surface area contributed by atoms with Gasteiger partial charge in [-0.15, -0.1) is 0 Å². The summed E-state index contributed by atoms with van der Waals surface area (Å²) in [7, 11) is 1.51. The van der Waals surface area contributed by atoms with Crippen molar-refractivity contribution in [1.29, 1.82) is 0 Å². The number of carbonyl (C=O) groups is 3. The van der Waals surface area contributed by atoms with Crippen molar-refractivity contribution >= 4 is 23.4 Å². The van der Waals surface area contributed by atoms with Crippen molar-refractivity contribution in [1.82, 2.24) is 4.90 Å². The van der Waals surface area contributed by atoms with Crippen molar-refractivity contribution in [3.05, 3.63) is 59.7 Å². The lowest BCUT2D eigenvalue weighted by Crippen LogP contribution is -2.37. The predicted octanol–water partition coefficient (Wildman–Crippen LogP) is 1.82. The van der Waals surface area contributed by atoms with E-state index < -0.39 is 11.8 Å². The fourth-order valence-electron chi connectivity index (χ4n) is 2.49. The van der Waals surface area contributed by atoms with Gasteiger partial charge in [-0.1, -0.05) is 37.3 Å². The monoisotopic (exact) mass is 369 g/mol. The highest BCUT2D eigenvalue weighted by molar-refractivity contribution is 5.96. The molecule has 3 amide bonds. The molecule has 0 bridgehead atoms. The Morgan fingerprint density at radius 2 is 1.74 bits per heavy atom. The number of nitrogens with one attached hydrogen (secondary N) is 1. The molecule has 0 aliphatic carbocycles. The van der Waals surface area contributed by atoms with Gasteiger partial charge in [0.15, 0.2) is 6.61 Å². The molecule has 0 spiro atoms. The molecular formula is C20H23N3O4. The van der Waals surface area contributed by atoms with Crippen LogP contribution in [0.25, 0.3) is 0 Å². The molecule has 7 heteroatoms. The van der Waals surface area contributed by atoms with Gasteiger partial charge in [-0.3, -0.25) is 14.4 Å². The molecule has 0 aliphatic rings. The molecule has 27 heavy (non-hydrogen) atoms. The third-order valence-electron chi connectivity index (χ3n) is 3.98. The zero-order valence-electron chi connectivity index (χ0n) is 15.4. The lowest BCUT2D eigenvalue weighted by Gasteiger charge is -2.18. The third-order valence-corrected chi connectivity index (χ3v) is 3.98. The van der Waals surface area contributed by atoms with E-state index in [-0.39, 0.29) is 30.4 Å². The van der Waals surface area contributed by atoms with Crippen molar-refractivity contribution < 1.29 is 19.1 Å². The quantitative estimate of drug-likeness (QED) is 0.741. The molecule has 0 atom stereocenters. The fourth-order valence-corrected chi connectivity index (χ4v) is 2.49. The summed E-state index contributed by atoms with van der Waals surface area (Å²) in [5.74, 6) is -1.11. The third kappa shape index (κ3) is 5.57. The summed E-state index contributed by atoms with van der Waals surface area (Å²) in [4.78, 5) is 37.0. The Balaban J connectivity index is 1.90. The number of hydrogen-bond donors (Lipinski definition) is 2. The maximum atomic E-state index is 12.2.